The highest BCUT2D eigenvalue weighted by atomic mass is 32.2. The highest BCUT2D eigenvalue weighted by Crippen LogP contribution is 2.24. The minimum absolute atomic E-state index is 0.458. The van der Waals surface area contributed by atoms with Gasteiger partial charge in [-0.25, -0.2) is 4.98 Å². The molecule has 4 aromatic rings. The molecule has 0 saturated carbocycles. The van der Waals surface area contributed by atoms with Crippen LogP contribution in [0.15, 0.2) is 53.1 Å². The number of anilines is 1. The summed E-state index contributed by atoms with van der Waals surface area (Å²) in [5.74, 6) is 4.42. The van der Waals surface area contributed by atoms with Crippen molar-refractivity contribution in [2.24, 2.45) is 0 Å². The van der Waals surface area contributed by atoms with E-state index in [2.05, 4.69) is 44.2 Å². The van der Waals surface area contributed by atoms with Crippen LogP contribution in [-0.4, -0.2) is 49.1 Å². The molecule has 8 heteroatoms. The standard InChI is InChI=1S/C20H20N6OS/c21-18-12-16(22-20-23-19(24-26(18)20)17-5-2-8-27-17)15-4-1-3-14(11-15)13-25-6-9-28-10-7-25/h1-5,8,11-12H,6-7,9-10,13,21H2. The van der Waals surface area contributed by atoms with Gasteiger partial charge in [-0.3, -0.25) is 4.90 Å². The molecule has 7 nitrogen and oxygen atoms in total. The third-order valence-corrected chi connectivity index (χ3v) is 5.76. The van der Waals surface area contributed by atoms with Gasteiger partial charge in [0.1, 0.15) is 5.82 Å². The van der Waals surface area contributed by atoms with E-state index in [1.165, 1.54) is 21.6 Å². The first-order chi connectivity index (χ1) is 13.8. The van der Waals surface area contributed by atoms with Crippen LogP contribution in [0.3, 0.4) is 0 Å². The van der Waals surface area contributed by atoms with E-state index in [4.69, 9.17) is 10.2 Å². The topological polar surface area (TPSA) is 85.5 Å². The maximum absolute atomic E-state index is 6.23. The van der Waals surface area contributed by atoms with Gasteiger partial charge in [-0.05, 0) is 23.8 Å². The summed E-state index contributed by atoms with van der Waals surface area (Å²) in [6.07, 6.45) is 1.59. The molecule has 142 valence electrons. The first kappa shape index (κ1) is 17.3. The number of aromatic nitrogens is 4. The predicted octanol–water partition coefficient (Wildman–Crippen LogP) is 3.18. The molecule has 28 heavy (non-hydrogen) atoms. The monoisotopic (exact) mass is 392 g/mol. The Morgan fingerprint density at radius 2 is 1.96 bits per heavy atom. The van der Waals surface area contributed by atoms with Crippen molar-refractivity contribution in [2.75, 3.05) is 30.3 Å². The van der Waals surface area contributed by atoms with Crippen molar-refractivity contribution in [3.8, 4) is 22.8 Å². The Labute approximate surface area is 166 Å². The SMILES string of the molecule is Nc1cc(-c2cccc(CN3CCSCC3)c2)nc2nc(-c3ccco3)nn12. The molecular weight excluding hydrogens is 372 g/mol. The quantitative estimate of drug-likeness (QED) is 0.571. The molecule has 1 aromatic carbocycles. The Balaban J connectivity index is 1.48. The van der Waals surface area contributed by atoms with E-state index in [-0.39, 0.29) is 0 Å². The highest BCUT2D eigenvalue weighted by molar-refractivity contribution is 7.99. The maximum Gasteiger partial charge on any atom is 0.255 e. The maximum atomic E-state index is 6.23. The third-order valence-electron chi connectivity index (χ3n) is 4.81. The zero-order valence-electron chi connectivity index (χ0n) is 15.3. The van der Waals surface area contributed by atoms with Gasteiger partial charge in [0, 0.05) is 42.8 Å². The lowest BCUT2D eigenvalue weighted by Gasteiger charge is -2.26. The molecule has 0 amide bonds. The summed E-state index contributed by atoms with van der Waals surface area (Å²) in [4.78, 5) is 11.6. The van der Waals surface area contributed by atoms with Crippen LogP contribution in [0.2, 0.25) is 0 Å². The summed E-state index contributed by atoms with van der Waals surface area (Å²) in [6, 6.07) is 13.9. The average molecular weight is 392 g/mol. The number of hydrogen-bond donors (Lipinski definition) is 1. The van der Waals surface area contributed by atoms with Crippen molar-refractivity contribution in [2.45, 2.75) is 6.54 Å². The molecule has 0 atom stereocenters. The number of thioether (sulfide) groups is 1. The summed E-state index contributed by atoms with van der Waals surface area (Å²) < 4.78 is 6.92. The minimum atomic E-state index is 0.458. The van der Waals surface area contributed by atoms with Crippen LogP contribution in [0.5, 0.6) is 0 Å². The van der Waals surface area contributed by atoms with Gasteiger partial charge in [-0.1, -0.05) is 18.2 Å². The first-order valence-corrected chi connectivity index (χ1v) is 10.4. The van der Waals surface area contributed by atoms with Crippen molar-refractivity contribution < 1.29 is 4.42 Å². The van der Waals surface area contributed by atoms with E-state index in [1.54, 1.807) is 12.3 Å². The smallest absolute Gasteiger partial charge is 0.255 e. The second-order valence-corrected chi connectivity index (χ2v) is 8.00. The van der Waals surface area contributed by atoms with Gasteiger partial charge in [0.2, 0.25) is 5.82 Å². The number of rotatable bonds is 4. The third kappa shape index (κ3) is 3.36. The summed E-state index contributed by atoms with van der Waals surface area (Å²) in [5, 5.41) is 4.40. The van der Waals surface area contributed by atoms with E-state index < -0.39 is 0 Å². The highest BCUT2D eigenvalue weighted by Gasteiger charge is 2.15. The second kappa shape index (κ2) is 7.29. The number of fused-ring (bicyclic) bond motifs is 1. The van der Waals surface area contributed by atoms with Crippen molar-refractivity contribution >= 4 is 23.4 Å². The van der Waals surface area contributed by atoms with Crippen LogP contribution in [-0.2, 0) is 6.54 Å². The molecule has 5 rings (SSSR count). The molecule has 1 aliphatic heterocycles. The van der Waals surface area contributed by atoms with Crippen molar-refractivity contribution in [3.05, 3.63) is 54.3 Å². The zero-order valence-corrected chi connectivity index (χ0v) is 16.1. The molecule has 2 N–H and O–H groups in total. The minimum Gasteiger partial charge on any atom is -0.461 e. The Hall–Kier alpha value is -2.84. The Bertz CT molecular complexity index is 1100. The van der Waals surface area contributed by atoms with E-state index in [1.807, 2.05) is 23.9 Å². The van der Waals surface area contributed by atoms with Crippen LogP contribution < -0.4 is 5.73 Å². The lowest BCUT2D eigenvalue weighted by molar-refractivity contribution is 0.294. The van der Waals surface area contributed by atoms with Gasteiger partial charge in [0.15, 0.2) is 5.76 Å². The number of hydrogen-bond acceptors (Lipinski definition) is 7. The van der Waals surface area contributed by atoms with E-state index in [9.17, 15) is 0 Å². The van der Waals surface area contributed by atoms with Crippen LogP contribution in [0.4, 0.5) is 5.82 Å². The fourth-order valence-corrected chi connectivity index (χ4v) is 4.37. The van der Waals surface area contributed by atoms with Gasteiger partial charge >= 0.3 is 0 Å². The molecule has 0 bridgehead atoms. The molecule has 1 aliphatic rings. The lowest BCUT2D eigenvalue weighted by atomic mass is 10.1. The largest absolute Gasteiger partial charge is 0.461 e. The van der Waals surface area contributed by atoms with Crippen molar-refractivity contribution in [3.63, 3.8) is 0 Å². The number of benzene rings is 1. The second-order valence-electron chi connectivity index (χ2n) is 6.78. The molecule has 1 saturated heterocycles. The molecular formula is C20H20N6OS. The zero-order chi connectivity index (χ0) is 18.9. The molecule has 1 fully saturated rings. The average Bonchev–Trinajstić information content (AvgIpc) is 3.39. The molecule has 0 spiro atoms. The van der Waals surface area contributed by atoms with E-state index >= 15 is 0 Å². The Morgan fingerprint density at radius 3 is 2.79 bits per heavy atom. The molecule has 0 aliphatic carbocycles. The summed E-state index contributed by atoms with van der Waals surface area (Å²) >= 11 is 2.03. The van der Waals surface area contributed by atoms with Gasteiger partial charge in [-0.2, -0.15) is 21.3 Å². The number of nitrogens with zero attached hydrogens (tertiary/aromatic N) is 5. The van der Waals surface area contributed by atoms with Gasteiger partial charge < -0.3 is 10.2 Å². The predicted molar refractivity (Wildman–Crippen MR) is 111 cm³/mol. The van der Waals surface area contributed by atoms with Gasteiger partial charge in [0.25, 0.3) is 5.78 Å². The van der Waals surface area contributed by atoms with Crippen LogP contribution in [0.1, 0.15) is 5.56 Å². The number of furan rings is 1. The fourth-order valence-electron chi connectivity index (χ4n) is 3.40. The van der Waals surface area contributed by atoms with Gasteiger partial charge in [0.05, 0.1) is 12.0 Å². The lowest BCUT2D eigenvalue weighted by Crippen LogP contribution is -2.31. The van der Waals surface area contributed by atoms with E-state index in [0.29, 0.717) is 23.2 Å². The normalized spacial score (nSPS) is 15.3. The number of nitrogens with two attached hydrogens (primary N) is 1. The molecule has 0 radical (unpaired) electrons. The number of nitrogen functional groups attached to an aromatic ring is 1. The molecule has 3 aromatic heterocycles. The Morgan fingerprint density at radius 1 is 1.07 bits per heavy atom. The van der Waals surface area contributed by atoms with Crippen molar-refractivity contribution in [1.82, 2.24) is 24.5 Å². The summed E-state index contributed by atoms with van der Waals surface area (Å²) in [7, 11) is 0. The molecule has 4 heterocycles. The first-order valence-electron chi connectivity index (χ1n) is 9.23. The van der Waals surface area contributed by atoms with Crippen LogP contribution in [0, 0.1) is 0 Å². The summed E-state index contributed by atoms with van der Waals surface area (Å²) in [6.45, 7) is 3.24. The van der Waals surface area contributed by atoms with E-state index in [0.717, 1.165) is 30.9 Å². The fraction of sp³-hybridized carbons (Fsp3) is 0.250. The van der Waals surface area contributed by atoms with Crippen LogP contribution in [0.25, 0.3) is 28.6 Å². The van der Waals surface area contributed by atoms with Gasteiger partial charge in [-0.15, -0.1) is 5.10 Å². The van der Waals surface area contributed by atoms with Crippen LogP contribution >= 0.6 is 11.8 Å². The van der Waals surface area contributed by atoms with Crippen molar-refractivity contribution in [1.29, 1.82) is 0 Å². The molecule has 0 unspecified atom stereocenters. The summed E-state index contributed by atoms with van der Waals surface area (Å²) in [5.41, 5.74) is 9.33. The Kier molecular flexibility index (Phi) is 4.50.